The number of carbonyl (C=O) groups is 1. The zero-order valence-electron chi connectivity index (χ0n) is 14.3. The lowest BCUT2D eigenvalue weighted by Gasteiger charge is -2.17. The number of benzene rings is 2. The van der Waals surface area contributed by atoms with E-state index in [0.717, 1.165) is 27.5 Å². The molecule has 4 nitrogen and oxygen atoms in total. The first-order valence-corrected chi connectivity index (χ1v) is 9.41. The summed E-state index contributed by atoms with van der Waals surface area (Å²) in [6, 6.07) is 15.6. The number of fused-ring (bicyclic) bond motifs is 1. The first-order chi connectivity index (χ1) is 12.0. The zero-order chi connectivity index (χ0) is 17.8. The molecule has 3 aromatic rings. The van der Waals surface area contributed by atoms with Crippen molar-refractivity contribution >= 4 is 39.1 Å². The summed E-state index contributed by atoms with van der Waals surface area (Å²) < 4.78 is 1.18. The molecule has 0 spiro atoms. The normalized spacial score (nSPS) is 13.6. The van der Waals surface area contributed by atoms with Gasteiger partial charge in [-0.25, -0.2) is 4.98 Å². The van der Waals surface area contributed by atoms with Crippen molar-refractivity contribution in [2.75, 3.05) is 13.6 Å². The Hall–Kier alpha value is -1.95. The molecule has 0 aliphatic rings. The van der Waals surface area contributed by atoms with Gasteiger partial charge in [-0.1, -0.05) is 35.9 Å². The van der Waals surface area contributed by atoms with Crippen LogP contribution in [0.25, 0.3) is 10.2 Å². The molecule has 0 aliphatic heterocycles. The Morgan fingerprint density at radius 2 is 2.08 bits per heavy atom. The molecular formula is C19H21ClN3OS+. The van der Waals surface area contributed by atoms with Crippen LogP contribution < -0.4 is 10.2 Å². The van der Waals surface area contributed by atoms with Crippen LogP contribution in [0, 0.1) is 0 Å². The van der Waals surface area contributed by atoms with Gasteiger partial charge in [-0.2, -0.15) is 0 Å². The largest absolute Gasteiger partial charge is 0.345 e. The maximum atomic E-state index is 12.3. The van der Waals surface area contributed by atoms with Gasteiger partial charge >= 0.3 is 0 Å². The fourth-order valence-electron chi connectivity index (χ4n) is 2.74. The van der Waals surface area contributed by atoms with Crippen LogP contribution >= 0.6 is 22.9 Å². The number of nitrogens with one attached hydrogen (secondary N) is 2. The van der Waals surface area contributed by atoms with E-state index in [1.807, 2.05) is 56.4 Å². The second kappa shape index (κ2) is 7.95. The van der Waals surface area contributed by atoms with E-state index in [1.165, 1.54) is 4.70 Å². The molecule has 130 valence electrons. The van der Waals surface area contributed by atoms with Crippen molar-refractivity contribution in [3.8, 4) is 0 Å². The quantitative estimate of drug-likeness (QED) is 0.697. The summed E-state index contributed by atoms with van der Waals surface area (Å²) in [5.41, 5.74) is 2.03. The number of thiazole rings is 1. The highest BCUT2D eigenvalue weighted by molar-refractivity contribution is 7.18. The van der Waals surface area contributed by atoms with Gasteiger partial charge in [0.15, 0.2) is 6.54 Å². The third-order valence-corrected chi connectivity index (χ3v) is 5.25. The molecule has 6 heteroatoms. The summed E-state index contributed by atoms with van der Waals surface area (Å²) >= 11 is 7.70. The molecule has 3 rings (SSSR count). The Labute approximate surface area is 156 Å². The van der Waals surface area contributed by atoms with Crippen molar-refractivity contribution in [2.24, 2.45) is 0 Å². The van der Waals surface area contributed by atoms with Gasteiger partial charge in [0.2, 0.25) is 0 Å². The lowest BCUT2D eigenvalue weighted by atomic mass is 10.1. The zero-order valence-corrected chi connectivity index (χ0v) is 15.8. The van der Waals surface area contributed by atoms with Gasteiger partial charge < -0.3 is 10.2 Å². The van der Waals surface area contributed by atoms with Crippen molar-refractivity contribution in [3.05, 3.63) is 64.1 Å². The number of likely N-dealkylation sites (N-methyl/N-ethyl adjacent to an activating group) is 1. The highest BCUT2D eigenvalue weighted by Gasteiger charge is 2.16. The van der Waals surface area contributed by atoms with Crippen LogP contribution in [-0.4, -0.2) is 24.5 Å². The number of para-hydroxylation sites is 1. The number of halogens is 1. The minimum atomic E-state index is -0.0681. The summed E-state index contributed by atoms with van der Waals surface area (Å²) in [4.78, 5) is 18.0. The fourth-order valence-corrected chi connectivity index (χ4v) is 4.02. The molecule has 0 saturated carbocycles. The van der Waals surface area contributed by atoms with Crippen LogP contribution in [0.4, 0.5) is 0 Å². The predicted octanol–water partition coefficient (Wildman–Crippen LogP) is 2.84. The van der Waals surface area contributed by atoms with Gasteiger partial charge in [0.1, 0.15) is 11.6 Å². The third kappa shape index (κ3) is 4.78. The number of quaternary nitrogens is 1. The average molecular weight is 375 g/mol. The topological polar surface area (TPSA) is 46.4 Å². The molecule has 1 unspecified atom stereocenters. The number of aromatic nitrogens is 1. The SMILES string of the molecule is C[C@@H](NC(=O)C[NH+](C)Cc1nc2ccccc2s1)c1cccc(Cl)c1. The fraction of sp³-hybridized carbons (Fsp3) is 0.263. The minimum absolute atomic E-state index is 0.0195. The summed E-state index contributed by atoms with van der Waals surface area (Å²) in [6.45, 7) is 3.10. The molecule has 25 heavy (non-hydrogen) atoms. The molecule has 2 aromatic carbocycles. The van der Waals surface area contributed by atoms with Crippen LogP contribution in [0.1, 0.15) is 23.5 Å². The second-order valence-electron chi connectivity index (χ2n) is 6.23. The Morgan fingerprint density at radius 1 is 1.28 bits per heavy atom. The van der Waals surface area contributed by atoms with E-state index in [-0.39, 0.29) is 11.9 Å². The molecular weight excluding hydrogens is 354 g/mol. The summed E-state index contributed by atoms with van der Waals surface area (Å²) in [5, 5.41) is 4.76. The van der Waals surface area contributed by atoms with E-state index >= 15 is 0 Å². The van der Waals surface area contributed by atoms with Crippen LogP contribution in [0.3, 0.4) is 0 Å². The van der Waals surface area contributed by atoms with Gasteiger partial charge in [0.05, 0.1) is 23.3 Å². The Balaban J connectivity index is 1.55. The van der Waals surface area contributed by atoms with Crippen LogP contribution in [0.5, 0.6) is 0 Å². The number of carbonyl (C=O) groups excluding carboxylic acids is 1. The van der Waals surface area contributed by atoms with E-state index in [4.69, 9.17) is 11.6 Å². The van der Waals surface area contributed by atoms with E-state index in [2.05, 4.69) is 16.4 Å². The van der Waals surface area contributed by atoms with Crippen LogP contribution in [0.15, 0.2) is 48.5 Å². The van der Waals surface area contributed by atoms with Crippen molar-refractivity contribution in [1.29, 1.82) is 0 Å². The second-order valence-corrected chi connectivity index (χ2v) is 7.78. The van der Waals surface area contributed by atoms with E-state index in [0.29, 0.717) is 11.6 Å². The predicted molar refractivity (Wildman–Crippen MR) is 103 cm³/mol. The molecule has 0 fully saturated rings. The minimum Gasteiger partial charge on any atom is -0.345 e. The number of rotatable bonds is 6. The van der Waals surface area contributed by atoms with Gasteiger partial charge in [0, 0.05) is 5.02 Å². The number of nitrogens with zero attached hydrogens (tertiary/aromatic N) is 1. The molecule has 2 atom stereocenters. The monoisotopic (exact) mass is 374 g/mol. The molecule has 1 heterocycles. The maximum absolute atomic E-state index is 12.3. The van der Waals surface area contributed by atoms with Gasteiger partial charge in [-0.3, -0.25) is 4.79 Å². The lowest BCUT2D eigenvalue weighted by Crippen LogP contribution is -3.08. The molecule has 1 aromatic heterocycles. The standard InChI is InChI=1S/C19H20ClN3OS/c1-13(14-6-5-7-15(20)10-14)21-18(24)11-23(2)12-19-22-16-8-3-4-9-17(16)25-19/h3-10,13H,11-12H2,1-2H3,(H,21,24)/p+1/t13-/m1/s1. The highest BCUT2D eigenvalue weighted by atomic mass is 35.5. The molecule has 1 amide bonds. The third-order valence-electron chi connectivity index (χ3n) is 3.98. The summed E-state index contributed by atoms with van der Waals surface area (Å²) in [7, 11) is 2.01. The van der Waals surface area contributed by atoms with E-state index < -0.39 is 0 Å². The van der Waals surface area contributed by atoms with E-state index in [1.54, 1.807) is 11.3 Å². The number of hydrogen-bond donors (Lipinski definition) is 2. The molecule has 0 radical (unpaired) electrons. The van der Waals surface area contributed by atoms with Crippen molar-refractivity contribution in [1.82, 2.24) is 10.3 Å². The molecule has 0 aliphatic carbocycles. The van der Waals surface area contributed by atoms with Crippen molar-refractivity contribution in [3.63, 3.8) is 0 Å². The molecule has 2 N–H and O–H groups in total. The highest BCUT2D eigenvalue weighted by Crippen LogP contribution is 2.20. The van der Waals surface area contributed by atoms with Crippen molar-refractivity contribution < 1.29 is 9.69 Å². The lowest BCUT2D eigenvalue weighted by molar-refractivity contribution is -0.885. The summed E-state index contributed by atoms with van der Waals surface area (Å²) in [6.07, 6.45) is 0. The Kier molecular flexibility index (Phi) is 5.68. The number of amides is 1. The van der Waals surface area contributed by atoms with Crippen molar-refractivity contribution in [2.45, 2.75) is 19.5 Å². The Morgan fingerprint density at radius 3 is 2.84 bits per heavy atom. The smallest absolute Gasteiger partial charge is 0.275 e. The first-order valence-electron chi connectivity index (χ1n) is 8.22. The Bertz CT molecular complexity index is 847. The van der Waals surface area contributed by atoms with Gasteiger partial charge in [0.25, 0.3) is 5.91 Å². The first kappa shape index (κ1) is 17.9. The van der Waals surface area contributed by atoms with Gasteiger partial charge in [-0.15, -0.1) is 11.3 Å². The molecule has 0 saturated heterocycles. The summed E-state index contributed by atoms with van der Waals surface area (Å²) in [5.74, 6) is 0.0195. The molecule has 0 bridgehead atoms. The average Bonchev–Trinajstić information content (AvgIpc) is 2.96. The van der Waals surface area contributed by atoms with E-state index in [9.17, 15) is 4.79 Å². The number of hydrogen-bond acceptors (Lipinski definition) is 3. The van der Waals surface area contributed by atoms with Gasteiger partial charge in [-0.05, 0) is 36.8 Å². The maximum Gasteiger partial charge on any atom is 0.275 e. The van der Waals surface area contributed by atoms with Crippen LogP contribution in [0.2, 0.25) is 5.02 Å². The van der Waals surface area contributed by atoms with Crippen LogP contribution in [-0.2, 0) is 11.3 Å².